The Morgan fingerprint density at radius 3 is 2.75 bits per heavy atom. The molecule has 0 bridgehead atoms. The van der Waals surface area contributed by atoms with Gasteiger partial charge in [0.1, 0.15) is 0 Å². The molecule has 0 aliphatic carbocycles. The molecule has 2 heterocycles. The van der Waals surface area contributed by atoms with E-state index in [0.717, 1.165) is 32.5 Å². The fourth-order valence-corrected chi connectivity index (χ4v) is 2.27. The van der Waals surface area contributed by atoms with E-state index in [9.17, 15) is 4.79 Å². The molecule has 1 fully saturated rings. The molecule has 0 aromatic carbocycles. The van der Waals surface area contributed by atoms with Crippen molar-refractivity contribution in [2.75, 3.05) is 32.8 Å². The van der Waals surface area contributed by atoms with Crippen LogP contribution < -0.4 is 0 Å². The molecule has 0 atom stereocenters. The largest absolute Gasteiger partial charge is 0.476 e. The molecule has 1 aromatic heterocycles. The van der Waals surface area contributed by atoms with Gasteiger partial charge in [0.05, 0.1) is 32.1 Å². The predicted molar refractivity (Wildman–Crippen MR) is 69.5 cm³/mol. The summed E-state index contributed by atoms with van der Waals surface area (Å²) < 4.78 is 7.06. The normalized spacial score (nSPS) is 17.4. The fraction of sp³-hybridized carbons (Fsp3) is 0.750. The standard InChI is InChI=1S/C12H20N4O4/c17-7-8-20-10-1-3-15(4-2-10)5-6-16-9-11(12(18)19)13-14-16/h9-10,17H,1-8H2,(H,18,19). The zero-order valence-electron chi connectivity index (χ0n) is 11.3. The van der Waals surface area contributed by atoms with Crippen molar-refractivity contribution in [3.8, 4) is 0 Å². The van der Waals surface area contributed by atoms with Crippen LogP contribution in [0.4, 0.5) is 0 Å². The number of hydrogen-bond acceptors (Lipinski definition) is 6. The van der Waals surface area contributed by atoms with Gasteiger partial charge in [-0.05, 0) is 12.8 Å². The van der Waals surface area contributed by atoms with Crippen molar-refractivity contribution in [3.05, 3.63) is 11.9 Å². The number of likely N-dealkylation sites (tertiary alicyclic amines) is 1. The molecule has 20 heavy (non-hydrogen) atoms. The molecule has 1 aliphatic heterocycles. The number of ether oxygens (including phenoxy) is 1. The molecule has 8 heteroatoms. The molecule has 1 saturated heterocycles. The van der Waals surface area contributed by atoms with E-state index < -0.39 is 5.97 Å². The summed E-state index contributed by atoms with van der Waals surface area (Å²) in [5.41, 5.74) is -0.0267. The summed E-state index contributed by atoms with van der Waals surface area (Å²) >= 11 is 0. The molecule has 0 unspecified atom stereocenters. The zero-order chi connectivity index (χ0) is 14.4. The van der Waals surface area contributed by atoms with Crippen LogP contribution in [0.5, 0.6) is 0 Å². The van der Waals surface area contributed by atoms with Gasteiger partial charge in [0.2, 0.25) is 0 Å². The maximum Gasteiger partial charge on any atom is 0.358 e. The van der Waals surface area contributed by atoms with Crippen LogP contribution in [0.1, 0.15) is 23.3 Å². The topological polar surface area (TPSA) is 101 Å². The number of carboxylic acid groups (broad SMARTS) is 1. The highest BCUT2D eigenvalue weighted by molar-refractivity contribution is 5.84. The van der Waals surface area contributed by atoms with Gasteiger partial charge < -0.3 is 19.8 Å². The van der Waals surface area contributed by atoms with Crippen molar-refractivity contribution >= 4 is 5.97 Å². The molecular weight excluding hydrogens is 264 g/mol. The van der Waals surface area contributed by atoms with Gasteiger partial charge in [-0.3, -0.25) is 4.68 Å². The van der Waals surface area contributed by atoms with Gasteiger partial charge in [-0.1, -0.05) is 5.21 Å². The number of rotatable bonds is 7. The Morgan fingerprint density at radius 1 is 1.40 bits per heavy atom. The number of nitrogens with zero attached hydrogens (tertiary/aromatic N) is 4. The van der Waals surface area contributed by atoms with Crippen LogP contribution in [0.25, 0.3) is 0 Å². The maximum absolute atomic E-state index is 10.7. The van der Waals surface area contributed by atoms with Gasteiger partial charge >= 0.3 is 5.97 Å². The van der Waals surface area contributed by atoms with Gasteiger partial charge in [0.15, 0.2) is 5.69 Å². The molecular formula is C12H20N4O4. The zero-order valence-corrected chi connectivity index (χ0v) is 11.3. The highest BCUT2D eigenvalue weighted by Crippen LogP contribution is 2.13. The maximum atomic E-state index is 10.7. The average Bonchev–Trinajstić information content (AvgIpc) is 2.93. The Labute approximate surface area is 116 Å². The third-order valence-electron chi connectivity index (χ3n) is 3.38. The van der Waals surface area contributed by atoms with Crippen LogP contribution in [-0.2, 0) is 11.3 Å². The van der Waals surface area contributed by atoms with E-state index in [4.69, 9.17) is 14.9 Å². The summed E-state index contributed by atoms with van der Waals surface area (Å²) in [7, 11) is 0. The van der Waals surface area contributed by atoms with Gasteiger partial charge in [0.25, 0.3) is 0 Å². The fourth-order valence-electron chi connectivity index (χ4n) is 2.27. The van der Waals surface area contributed by atoms with E-state index in [0.29, 0.717) is 13.2 Å². The van der Waals surface area contributed by atoms with Crippen molar-refractivity contribution in [2.24, 2.45) is 0 Å². The van der Waals surface area contributed by atoms with Crippen LogP contribution in [0.2, 0.25) is 0 Å². The number of carboxylic acids is 1. The van der Waals surface area contributed by atoms with Crippen molar-refractivity contribution in [3.63, 3.8) is 0 Å². The van der Waals surface area contributed by atoms with E-state index in [-0.39, 0.29) is 18.4 Å². The number of hydrogen-bond donors (Lipinski definition) is 2. The Kier molecular flexibility index (Phi) is 5.45. The van der Waals surface area contributed by atoms with E-state index in [2.05, 4.69) is 15.2 Å². The molecule has 2 N–H and O–H groups in total. The number of aliphatic hydroxyl groups is 1. The first kappa shape index (κ1) is 14.9. The van der Waals surface area contributed by atoms with E-state index in [1.807, 2.05) is 0 Å². The number of carbonyl (C=O) groups is 1. The van der Waals surface area contributed by atoms with E-state index in [1.54, 1.807) is 4.68 Å². The van der Waals surface area contributed by atoms with Crippen molar-refractivity contribution < 1.29 is 19.7 Å². The van der Waals surface area contributed by atoms with Crippen LogP contribution in [0.3, 0.4) is 0 Å². The van der Waals surface area contributed by atoms with Gasteiger partial charge in [-0.15, -0.1) is 5.10 Å². The van der Waals surface area contributed by atoms with Crippen molar-refractivity contribution in [1.29, 1.82) is 0 Å². The summed E-state index contributed by atoms with van der Waals surface area (Å²) in [6.07, 6.45) is 3.60. The van der Waals surface area contributed by atoms with Crippen LogP contribution in [0.15, 0.2) is 6.20 Å². The molecule has 0 spiro atoms. The highest BCUT2D eigenvalue weighted by atomic mass is 16.5. The lowest BCUT2D eigenvalue weighted by molar-refractivity contribution is -0.00824. The minimum Gasteiger partial charge on any atom is -0.476 e. The van der Waals surface area contributed by atoms with Gasteiger partial charge in [-0.2, -0.15) is 0 Å². The van der Waals surface area contributed by atoms with Crippen LogP contribution in [-0.4, -0.2) is 75.0 Å². The third kappa shape index (κ3) is 4.26. The molecule has 112 valence electrons. The first-order valence-electron chi connectivity index (χ1n) is 6.77. The van der Waals surface area contributed by atoms with E-state index >= 15 is 0 Å². The predicted octanol–water partition coefficient (Wildman–Crippen LogP) is -0.550. The molecule has 0 radical (unpaired) electrons. The Bertz CT molecular complexity index is 429. The lowest BCUT2D eigenvalue weighted by Crippen LogP contribution is -2.39. The summed E-state index contributed by atoms with van der Waals surface area (Å²) in [5, 5.41) is 24.8. The summed E-state index contributed by atoms with van der Waals surface area (Å²) in [6.45, 7) is 3.80. The molecule has 8 nitrogen and oxygen atoms in total. The third-order valence-corrected chi connectivity index (χ3v) is 3.38. The second-order valence-corrected chi connectivity index (χ2v) is 4.81. The quantitative estimate of drug-likeness (QED) is 0.692. The highest BCUT2D eigenvalue weighted by Gasteiger charge is 2.19. The summed E-state index contributed by atoms with van der Waals surface area (Å²) in [5.74, 6) is -1.06. The second-order valence-electron chi connectivity index (χ2n) is 4.81. The first-order valence-corrected chi connectivity index (χ1v) is 6.77. The molecule has 1 aliphatic rings. The van der Waals surface area contributed by atoms with Crippen LogP contribution >= 0.6 is 0 Å². The van der Waals surface area contributed by atoms with Crippen molar-refractivity contribution in [1.82, 2.24) is 19.9 Å². The molecule has 1 aromatic rings. The second kappa shape index (κ2) is 7.32. The van der Waals surface area contributed by atoms with Gasteiger partial charge in [0, 0.05) is 19.6 Å². The SMILES string of the molecule is O=C(O)c1cn(CCN2CCC(OCCO)CC2)nn1. The Balaban J connectivity index is 1.69. The van der Waals surface area contributed by atoms with Gasteiger partial charge in [-0.25, -0.2) is 4.79 Å². The lowest BCUT2D eigenvalue weighted by atomic mass is 10.1. The number of aliphatic hydroxyl groups excluding tert-OH is 1. The summed E-state index contributed by atoms with van der Waals surface area (Å²) in [6, 6.07) is 0. The molecule has 0 amide bonds. The summed E-state index contributed by atoms with van der Waals surface area (Å²) in [4.78, 5) is 13.0. The van der Waals surface area contributed by atoms with Crippen molar-refractivity contribution in [2.45, 2.75) is 25.5 Å². The first-order chi connectivity index (χ1) is 9.69. The average molecular weight is 284 g/mol. The smallest absolute Gasteiger partial charge is 0.358 e. The minimum absolute atomic E-state index is 0.0267. The van der Waals surface area contributed by atoms with E-state index in [1.165, 1.54) is 6.20 Å². The number of aromatic nitrogens is 3. The minimum atomic E-state index is -1.06. The Hall–Kier alpha value is -1.51. The van der Waals surface area contributed by atoms with Crippen LogP contribution in [0, 0.1) is 0 Å². The monoisotopic (exact) mass is 284 g/mol. The number of aromatic carboxylic acids is 1. The lowest BCUT2D eigenvalue weighted by Gasteiger charge is -2.31. The number of piperidine rings is 1. The molecule has 0 saturated carbocycles. The molecule has 2 rings (SSSR count). The Morgan fingerprint density at radius 2 is 2.15 bits per heavy atom.